The van der Waals surface area contributed by atoms with Crippen LogP contribution >= 0.6 is 0 Å². The Morgan fingerprint density at radius 3 is 2.86 bits per heavy atom. The number of rotatable bonds is 2. The monoisotopic (exact) mass is 299 g/mol. The van der Waals surface area contributed by atoms with Crippen LogP contribution in [0.4, 0.5) is 4.39 Å². The molecule has 1 aromatic carbocycles. The highest BCUT2D eigenvalue weighted by molar-refractivity contribution is 5.93. The minimum absolute atomic E-state index is 0.0215. The maximum Gasteiger partial charge on any atom is 0.272 e. The molecule has 0 spiro atoms. The predicted octanol–water partition coefficient (Wildman–Crippen LogP) is 2.60. The van der Waals surface area contributed by atoms with Gasteiger partial charge in [0.25, 0.3) is 5.91 Å². The van der Waals surface area contributed by atoms with Crippen LogP contribution in [0.3, 0.4) is 0 Å². The van der Waals surface area contributed by atoms with E-state index in [0.29, 0.717) is 24.3 Å². The van der Waals surface area contributed by atoms with Gasteiger partial charge < -0.3 is 9.47 Å². The van der Waals surface area contributed by atoms with Crippen LogP contribution in [0.5, 0.6) is 0 Å². The molecule has 0 bridgehead atoms. The Balaban J connectivity index is 1.48. The Kier molecular flexibility index (Phi) is 3.21. The van der Waals surface area contributed by atoms with E-state index < -0.39 is 0 Å². The summed E-state index contributed by atoms with van der Waals surface area (Å²) in [5.41, 5.74) is 1.39. The number of carbonyl (C=O) groups is 1. The quantitative estimate of drug-likeness (QED) is 0.855. The second kappa shape index (κ2) is 5.23. The number of hydrogen-bond donors (Lipinski definition) is 0. The summed E-state index contributed by atoms with van der Waals surface area (Å²) in [5.74, 6) is 0.962. The molecule has 1 amide bonds. The molecule has 0 radical (unpaired) electrons. The van der Waals surface area contributed by atoms with Crippen LogP contribution in [0.1, 0.15) is 40.6 Å². The second-order valence-corrected chi connectivity index (χ2v) is 6.10. The Labute approximate surface area is 128 Å². The van der Waals surface area contributed by atoms with Gasteiger partial charge in [0, 0.05) is 32.0 Å². The average molecular weight is 299 g/mol. The summed E-state index contributed by atoms with van der Waals surface area (Å²) < 4.78 is 15.8. The molecule has 114 valence electrons. The summed E-state index contributed by atoms with van der Waals surface area (Å²) in [4.78, 5) is 18.7. The van der Waals surface area contributed by atoms with Crippen LogP contribution in [-0.4, -0.2) is 33.4 Å². The van der Waals surface area contributed by atoms with Crippen LogP contribution in [-0.2, 0) is 13.0 Å². The fourth-order valence-electron chi connectivity index (χ4n) is 3.40. The summed E-state index contributed by atoms with van der Waals surface area (Å²) in [7, 11) is 0. The number of likely N-dealkylation sites (tertiary alicyclic amines) is 1. The first-order valence-electron chi connectivity index (χ1n) is 7.82. The van der Waals surface area contributed by atoms with Crippen LogP contribution in [0.2, 0.25) is 0 Å². The highest BCUT2D eigenvalue weighted by Crippen LogP contribution is 2.30. The molecular weight excluding hydrogens is 281 g/mol. The van der Waals surface area contributed by atoms with Crippen LogP contribution in [0, 0.1) is 5.82 Å². The van der Waals surface area contributed by atoms with Gasteiger partial charge in [-0.25, -0.2) is 9.37 Å². The van der Waals surface area contributed by atoms with Crippen LogP contribution in [0.25, 0.3) is 0 Å². The van der Waals surface area contributed by atoms with Crippen molar-refractivity contribution in [3.05, 3.63) is 53.4 Å². The fourth-order valence-corrected chi connectivity index (χ4v) is 3.40. The smallest absolute Gasteiger partial charge is 0.272 e. The molecule has 1 fully saturated rings. The number of imidazole rings is 1. The number of halogens is 1. The van der Waals surface area contributed by atoms with Crippen LogP contribution in [0.15, 0.2) is 30.5 Å². The molecule has 1 saturated heterocycles. The molecular formula is C17H18FN3O. The van der Waals surface area contributed by atoms with Crippen LogP contribution < -0.4 is 0 Å². The maximum atomic E-state index is 13.8. The number of aryl methyl sites for hydroxylation is 1. The number of amides is 1. The van der Waals surface area contributed by atoms with E-state index in [1.165, 1.54) is 6.07 Å². The third-order valence-electron chi connectivity index (χ3n) is 4.70. The zero-order chi connectivity index (χ0) is 15.1. The maximum absolute atomic E-state index is 13.8. The number of hydrogen-bond acceptors (Lipinski definition) is 2. The first kappa shape index (κ1) is 13.5. The minimum atomic E-state index is -0.179. The molecule has 0 saturated carbocycles. The molecule has 4 nitrogen and oxygen atoms in total. The topological polar surface area (TPSA) is 38.1 Å². The Morgan fingerprint density at radius 2 is 2.05 bits per heavy atom. The molecule has 0 aliphatic carbocycles. The van der Waals surface area contributed by atoms with E-state index in [-0.39, 0.29) is 17.6 Å². The van der Waals surface area contributed by atoms with Gasteiger partial charge in [-0.05, 0) is 24.5 Å². The first-order valence-corrected chi connectivity index (χ1v) is 7.82. The summed E-state index contributed by atoms with van der Waals surface area (Å²) in [6.07, 6.45) is 4.88. The minimum Gasteiger partial charge on any atom is -0.336 e. The van der Waals surface area contributed by atoms with Gasteiger partial charge in [-0.1, -0.05) is 18.2 Å². The molecule has 3 heterocycles. The summed E-state index contributed by atoms with van der Waals surface area (Å²) in [6, 6.07) is 6.82. The lowest BCUT2D eigenvalue weighted by Crippen LogP contribution is -2.49. The van der Waals surface area contributed by atoms with Crippen molar-refractivity contribution in [3.63, 3.8) is 0 Å². The number of nitrogens with zero attached hydrogens (tertiary/aromatic N) is 3. The van der Waals surface area contributed by atoms with Gasteiger partial charge in [0.1, 0.15) is 17.3 Å². The number of fused-ring (bicyclic) bond motifs is 1. The van der Waals surface area contributed by atoms with E-state index in [9.17, 15) is 9.18 Å². The summed E-state index contributed by atoms with van der Waals surface area (Å²) in [6.45, 7) is 2.04. The zero-order valence-electron chi connectivity index (χ0n) is 12.3. The van der Waals surface area contributed by atoms with Crippen molar-refractivity contribution in [2.24, 2.45) is 0 Å². The van der Waals surface area contributed by atoms with E-state index in [2.05, 4.69) is 4.98 Å². The highest BCUT2D eigenvalue weighted by atomic mass is 19.1. The molecule has 2 aliphatic heterocycles. The summed E-state index contributed by atoms with van der Waals surface area (Å²) >= 11 is 0. The lowest BCUT2D eigenvalue weighted by molar-refractivity contribution is 0.0586. The van der Waals surface area contributed by atoms with E-state index in [1.807, 2.05) is 16.7 Å². The fraction of sp³-hybridized carbons (Fsp3) is 0.412. The van der Waals surface area contributed by atoms with Crippen molar-refractivity contribution in [2.45, 2.75) is 31.7 Å². The second-order valence-electron chi connectivity index (χ2n) is 6.10. The number of benzene rings is 1. The van der Waals surface area contributed by atoms with Gasteiger partial charge >= 0.3 is 0 Å². The standard InChI is InChI=1S/C17H18FN3O/c18-14-6-2-1-5-13(14)12-10-20(11-12)17(22)15-9-19-16-7-3-4-8-21(15)16/h1-2,5-6,9,12H,3-4,7-8,10-11H2. The van der Waals surface area contributed by atoms with Crippen molar-refractivity contribution in [2.75, 3.05) is 13.1 Å². The molecule has 0 unspecified atom stereocenters. The number of aromatic nitrogens is 2. The Morgan fingerprint density at radius 1 is 1.23 bits per heavy atom. The number of carbonyl (C=O) groups excluding carboxylic acids is 1. The molecule has 2 aliphatic rings. The molecule has 0 atom stereocenters. The molecule has 0 N–H and O–H groups in total. The molecule has 5 heteroatoms. The van der Waals surface area contributed by atoms with Crippen molar-refractivity contribution >= 4 is 5.91 Å². The third kappa shape index (κ3) is 2.12. The van der Waals surface area contributed by atoms with Gasteiger partial charge in [0.2, 0.25) is 0 Å². The SMILES string of the molecule is O=C(c1cnc2n1CCCC2)N1CC(c2ccccc2F)C1. The van der Waals surface area contributed by atoms with E-state index in [1.54, 1.807) is 17.2 Å². The van der Waals surface area contributed by atoms with Gasteiger partial charge in [-0.2, -0.15) is 0 Å². The lowest BCUT2D eigenvalue weighted by atomic mass is 9.91. The highest BCUT2D eigenvalue weighted by Gasteiger charge is 2.35. The zero-order valence-corrected chi connectivity index (χ0v) is 12.3. The van der Waals surface area contributed by atoms with Gasteiger partial charge in [-0.15, -0.1) is 0 Å². The van der Waals surface area contributed by atoms with E-state index in [0.717, 1.165) is 31.6 Å². The Hall–Kier alpha value is -2.17. The average Bonchev–Trinajstić information content (AvgIpc) is 2.91. The Bertz CT molecular complexity index is 718. The molecule has 22 heavy (non-hydrogen) atoms. The van der Waals surface area contributed by atoms with Crippen molar-refractivity contribution < 1.29 is 9.18 Å². The van der Waals surface area contributed by atoms with Gasteiger partial charge in [0.15, 0.2) is 0 Å². The molecule has 4 rings (SSSR count). The summed E-state index contributed by atoms with van der Waals surface area (Å²) in [5, 5.41) is 0. The third-order valence-corrected chi connectivity index (χ3v) is 4.70. The van der Waals surface area contributed by atoms with Gasteiger partial charge in [0.05, 0.1) is 6.20 Å². The van der Waals surface area contributed by atoms with Crippen molar-refractivity contribution in [3.8, 4) is 0 Å². The normalized spacial score (nSPS) is 18.0. The molecule has 1 aromatic heterocycles. The van der Waals surface area contributed by atoms with E-state index >= 15 is 0 Å². The van der Waals surface area contributed by atoms with Crippen molar-refractivity contribution in [1.29, 1.82) is 0 Å². The van der Waals surface area contributed by atoms with Gasteiger partial charge in [-0.3, -0.25) is 4.79 Å². The lowest BCUT2D eigenvalue weighted by Gasteiger charge is -2.39. The molecule has 2 aromatic rings. The predicted molar refractivity (Wildman–Crippen MR) is 80.2 cm³/mol. The van der Waals surface area contributed by atoms with Crippen molar-refractivity contribution in [1.82, 2.24) is 14.5 Å². The largest absolute Gasteiger partial charge is 0.336 e. The first-order chi connectivity index (χ1) is 10.7. The van der Waals surface area contributed by atoms with E-state index in [4.69, 9.17) is 0 Å².